The summed E-state index contributed by atoms with van der Waals surface area (Å²) >= 11 is 0. The van der Waals surface area contributed by atoms with Crippen molar-refractivity contribution in [3.05, 3.63) is 18.6 Å². The molecule has 1 aliphatic rings. The van der Waals surface area contributed by atoms with Crippen LogP contribution in [-0.4, -0.2) is 60.4 Å². The third kappa shape index (κ3) is 1.83. The van der Waals surface area contributed by atoms with Gasteiger partial charge in [-0.25, -0.2) is 14.4 Å². The van der Waals surface area contributed by atoms with Crippen molar-refractivity contribution in [1.82, 2.24) is 14.5 Å². The molecule has 3 heterocycles. The first-order chi connectivity index (χ1) is 10.4. The van der Waals surface area contributed by atoms with E-state index in [9.17, 15) is 19.7 Å². The number of anilines is 1. The zero-order chi connectivity index (χ0) is 16.1. The van der Waals surface area contributed by atoms with E-state index < -0.39 is 36.8 Å². The van der Waals surface area contributed by atoms with Crippen LogP contribution in [0.5, 0.6) is 0 Å². The number of alkyl halides is 1. The van der Waals surface area contributed by atoms with Gasteiger partial charge in [-0.2, -0.15) is 0 Å². The number of hydrogen-bond donors (Lipinski definition) is 4. The van der Waals surface area contributed by atoms with Gasteiger partial charge in [0.15, 0.2) is 11.8 Å². The van der Waals surface area contributed by atoms with Crippen LogP contribution in [0.1, 0.15) is 13.2 Å². The van der Waals surface area contributed by atoms with Crippen LogP contribution < -0.4 is 5.73 Å². The van der Waals surface area contributed by atoms with Gasteiger partial charge in [-0.15, -0.1) is 0 Å². The molecule has 0 radical (unpaired) electrons. The minimum Gasteiger partial charge on any atom is -0.393 e. The van der Waals surface area contributed by atoms with Gasteiger partial charge in [0.1, 0.15) is 36.2 Å². The summed E-state index contributed by atoms with van der Waals surface area (Å²) in [6, 6.07) is 1.63. The summed E-state index contributed by atoms with van der Waals surface area (Å²) in [5, 5.41) is 30.7. The number of hydrogen-bond acceptors (Lipinski definition) is 7. The normalized spacial score (nSPS) is 35.3. The summed E-state index contributed by atoms with van der Waals surface area (Å²) in [6.45, 7) is -0.604. The van der Waals surface area contributed by atoms with E-state index in [2.05, 4.69) is 9.97 Å². The maximum Gasteiger partial charge on any atom is 0.167 e. The summed E-state index contributed by atoms with van der Waals surface area (Å²) in [5.74, 6) is 0.251. The van der Waals surface area contributed by atoms with Crippen LogP contribution in [0.4, 0.5) is 10.2 Å². The second-order valence-electron chi connectivity index (χ2n) is 5.67. The molecule has 22 heavy (non-hydrogen) atoms. The molecule has 9 heteroatoms. The summed E-state index contributed by atoms with van der Waals surface area (Å²) in [6.07, 6.45) is 0.0458. The molecule has 8 nitrogen and oxygen atoms in total. The van der Waals surface area contributed by atoms with Gasteiger partial charge in [-0.1, -0.05) is 0 Å². The molecule has 2 aromatic rings. The zero-order valence-electron chi connectivity index (χ0n) is 11.8. The minimum atomic E-state index is -1.89. The Morgan fingerprint density at radius 1 is 1.50 bits per heavy atom. The first kappa shape index (κ1) is 15.1. The maximum absolute atomic E-state index is 13.3. The molecule has 120 valence electrons. The molecule has 0 unspecified atom stereocenters. The first-order valence-corrected chi connectivity index (χ1v) is 6.69. The van der Waals surface area contributed by atoms with E-state index in [-0.39, 0.29) is 5.82 Å². The Kier molecular flexibility index (Phi) is 3.33. The molecule has 4 atom stereocenters. The van der Waals surface area contributed by atoms with E-state index in [4.69, 9.17) is 10.5 Å². The lowest BCUT2D eigenvalue weighted by molar-refractivity contribution is -0.137. The van der Waals surface area contributed by atoms with Gasteiger partial charge in [-0.3, -0.25) is 0 Å². The van der Waals surface area contributed by atoms with Crippen molar-refractivity contribution in [3.63, 3.8) is 0 Å². The van der Waals surface area contributed by atoms with E-state index in [1.54, 1.807) is 12.3 Å². The average molecular weight is 312 g/mol. The Morgan fingerprint density at radius 3 is 2.82 bits per heavy atom. The van der Waals surface area contributed by atoms with Gasteiger partial charge in [-0.05, 0) is 13.0 Å². The van der Waals surface area contributed by atoms with Crippen molar-refractivity contribution in [2.75, 3.05) is 19.0 Å². The third-order valence-corrected chi connectivity index (χ3v) is 4.18. The predicted molar refractivity (Wildman–Crippen MR) is 74.5 cm³/mol. The smallest absolute Gasteiger partial charge is 0.167 e. The van der Waals surface area contributed by atoms with E-state index in [0.29, 0.717) is 11.0 Å². The molecule has 0 aromatic carbocycles. The summed E-state index contributed by atoms with van der Waals surface area (Å²) in [4.78, 5) is 7.94. The van der Waals surface area contributed by atoms with Crippen LogP contribution in [0.3, 0.4) is 0 Å². The number of aromatic nitrogens is 3. The van der Waals surface area contributed by atoms with Crippen LogP contribution in [0.25, 0.3) is 11.0 Å². The van der Waals surface area contributed by atoms with Crippen LogP contribution >= 0.6 is 0 Å². The van der Waals surface area contributed by atoms with Crippen LogP contribution in [0, 0.1) is 0 Å². The van der Waals surface area contributed by atoms with Crippen molar-refractivity contribution in [2.24, 2.45) is 0 Å². The first-order valence-electron chi connectivity index (χ1n) is 6.69. The third-order valence-electron chi connectivity index (χ3n) is 4.18. The number of aliphatic hydroxyl groups excluding tert-OH is 2. The number of halogens is 1. The molecule has 3 rings (SSSR count). The van der Waals surface area contributed by atoms with Gasteiger partial charge in [0.25, 0.3) is 0 Å². The van der Waals surface area contributed by atoms with E-state index in [0.717, 1.165) is 0 Å². The number of rotatable bonds is 3. The van der Waals surface area contributed by atoms with Gasteiger partial charge in [0, 0.05) is 6.20 Å². The number of aliphatic hydroxyl groups is 3. The van der Waals surface area contributed by atoms with E-state index in [1.807, 2.05) is 0 Å². The van der Waals surface area contributed by atoms with Gasteiger partial charge in [0.2, 0.25) is 0 Å². The highest BCUT2D eigenvalue weighted by Crippen LogP contribution is 2.45. The molecule has 5 N–H and O–H groups in total. The average Bonchev–Trinajstić information content (AvgIpc) is 3.00. The van der Waals surface area contributed by atoms with Gasteiger partial charge < -0.3 is 30.4 Å². The molecule has 0 spiro atoms. The summed E-state index contributed by atoms with van der Waals surface area (Å²) < 4.78 is 20.3. The Hall–Kier alpha value is -1.81. The second kappa shape index (κ2) is 4.85. The van der Waals surface area contributed by atoms with E-state index >= 15 is 0 Å². The maximum atomic E-state index is 13.3. The molecular formula is C13H17FN4O4. The van der Waals surface area contributed by atoms with Crippen LogP contribution in [-0.2, 0) is 4.74 Å². The molecule has 0 saturated carbocycles. The molecule has 0 bridgehead atoms. The van der Waals surface area contributed by atoms with Crippen molar-refractivity contribution in [1.29, 1.82) is 0 Å². The van der Waals surface area contributed by atoms with Crippen LogP contribution in [0.15, 0.2) is 18.6 Å². The minimum absolute atomic E-state index is 0.251. The summed E-state index contributed by atoms with van der Waals surface area (Å²) in [5.41, 5.74) is 2.41. The SMILES string of the molecule is C[C@@]1(O)[C@H](O)[C@](CO)(CF)O[C@H]1n1ccc2c(N)ncnc21. The fourth-order valence-electron chi connectivity index (χ4n) is 2.86. The van der Waals surface area contributed by atoms with Crippen molar-refractivity contribution >= 4 is 16.9 Å². The zero-order valence-corrected chi connectivity index (χ0v) is 11.8. The molecular weight excluding hydrogens is 295 g/mol. The standard InChI is InChI=1S/C13H17FN4O4/c1-12(21)10(20)13(4-14,5-19)22-11(12)18-3-2-7-8(15)16-6-17-9(7)18/h2-3,6,10-11,19-21H,4-5H2,1H3,(H2,15,16,17)/t10-,11+,12+,13+/m0/s1. The van der Waals surface area contributed by atoms with E-state index in [1.165, 1.54) is 17.8 Å². The Bertz CT molecular complexity index is 700. The number of ether oxygens (including phenoxy) is 1. The Morgan fingerprint density at radius 2 is 2.23 bits per heavy atom. The van der Waals surface area contributed by atoms with Crippen molar-refractivity contribution < 1.29 is 24.4 Å². The fourth-order valence-corrected chi connectivity index (χ4v) is 2.86. The predicted octanol–water partition coefficient (Wildman–Crippen LogP) is -0.645. The lowest BCUT2D eigenvalue weighted by atomic mass is 9.88. The summed E-state index contributed by atoms with van der Waals surface area (Å²) in [7, 11) is 0. The fraction of sp³-hybridized carbons (Fsp3) is 0.538. The molecule has 1 saturated heterocycles. The quantitative estimate of drug-likeness (QED) is 0.593. The lowest BCUT2D eigenvalue weighted by Gasteiger charge is -2.29. The van der Waals surface area contributed by atoms with Crippen molar-refractivity contribution in [2.45, 2.75) is 30.5 Å². The largest absolute Gasteiger partial charge is 0.393 e. The highest BCUT2D eigenvalue weighted by molar-refractivity contribution is 5.86. The molecule has 0 aliphatic carbocycles. The number of fused-ring (bicyclic) bond motifs is 1. The van der Waals surface area contributed by atoms with Gasteiger partial charge >= 0.3 is 0 Å². The topological polar surface area (TPSA) is 127 Å². The Balaban J connectivity index is 2.12. The highest BCUT2D eigenvalue weighted by Gasteiger charge is 2.61. The lowest BCUT2D eigenvalue weighted by Crippen LogP contribution is -2.52. The molecule has 1 fully saturated rings. The Labute approximate surface area is 125 Å². The number of nitrogens with two attached hydrogens (primary N) is 1. The highest BCUT2D eigenvalue weighted by atomic mass is 19.1. The number of nitrogen functional groups attached to an aromatic ring is 1. The van der Waals surface area contributed by atoms with Gasteiger partial charge in [0.05, 0.1) is 12.0 Å². The molecule has 2 aromatic heterocycles. The monoisotopic (exact) mass is 312 g/mol. The van der Waals surface area contributed by atoms with Crippen LogP contribution in [0.2, 0.25) is 0 Å². The molecule has 0 amide bonds. The van der Waals surface area contributed by atoms with Crippen molar-refractivity contribution in [3.8, 4) is 0 Å². The second-order valence-corrected chi connectivity index (χ2v) is 5.67. The number of nitrogens with zero attached hydrogens (tertiary/aromatic N) is 3. The molecule has 1 aliphatic heterocycles.